The molecule has 3 fully saturated rings. The van der Waals surface area contributed by atoms with Crippen LogP contribution in [0.2, 0.25) is 0 Å². The molecule has 1 aromatic rings. The van der Waals surface area contributed by atoms with Crippen LogP contribution in [0.1, 0.15) is 57.8 Å². The van der Waals surface area contributed by atoms with Crippen LogP contribution >= 0.6 is 0 Å². The van der Waals surface area contributed by atoms with Crippen molar-refractivity contribution in [2.45, 2.75) is 76.3 Å². The van der Waals surface area contributed by atoms with Crippen LogP contribution in [-0.4, -0.2) is 71.2 Å². The fourth-order valence-corrected chi connectivity index (χ4v) is 5.18. The van der Waals surface area contributed by atoms with Crippen LogP contribution in [0.5, 0.6) is 0 Å². The second-order valence-electron chi connectivity index (χ2n) is 9.60. The predicted molar refractivity (Wildman–Crippen MR) is 124 cm³/mol. The molecule has 3 heterocycles. The molecular weight excluding hydrogens is 457 g/mol. The van der Waals surface area contributed by atoms with Crippen molar-refractivity contribution in [2.75, 3.05) is 25.0 Å². The number of anilines is 1. The Morgan fingerprint density at radius 1 is 1.20 bits per heavy atom. The number of carbonyl (C=O) groups is 3. The minimum atomic E-state index is -1.30. The first-order chi connectivity index (χ1) is 17.0. The van der Waals surface area contributed by atoms with E-state index in [0.29, 0.717) is 25.4 Å². The molecule has 2 saturated heterocycles. The van der Waals surface area contributed by atoms with Gasteiger partial charge in [-0.05, 0) is 37.3 Å². The first-order valence-corrected chi connectivity index (χ1v) is 12.6. The molecule has 192 valence electrons. The minimum Gasteiger partial charge on any atom is -0.420 e. The van der Waals surface area contributed by atoms with Gasteiger partial charge >= 0.3 is 6.09 Å². The zero-order valence-electron chi connectivity index (χ0n) is 19.9. The van der Waals surface area contributed by atoms with Gasteiger partial charge in [-0.15, -0.1) is 5.10 Å². The summed E-state index contributed by atoms with van der Waals surface area (Å²) in [6, 6.07) is 2.25. The van der Waals surface area contributed by atoms with Crippen LogP contribution in [0.15, 0.2) is 18.3 Å². The van der Waals surface area contributed by atoms with E-state index in [9.17, 15) is 18.8 Å². The quantitative estimate of drug-likeness (QED) is 0.573. The van der Waals surface area contributed by atoms with E-state index < -0.39 is 36.4 Å². The molecule has 1 aliphatic carbocycles. The molecule has 4 rings (SSSR count). The van der Waals surface area contributed by atoms with Crippen molar-refractivity contribution < 1.29 is 28.2 Å². The van der Waals surface area contributed by atoms with Crippen LogP contribution in [0.4, 0.5) is 15.0 Å². The Kier molecular flexibility index (Phi) is 8.84. The third kappa shape index (κ3) is 7.09. The molecule has 2 N–H and O–H groups in total. The monoisotopic (exact) mass is 491 g/mol. The van der Waals surface area contributed by atoms with Gasteiger partial charge in [-0.1, -0.05) is 25.7 Å². The van der Waals surface area contributed by atoms with Crippen LogP contribution in [-0.2, 0) is 19.1 Å². The number of carbonyl (C=O) groups excluding carboxylic acids is 3. The number of nitrogens with one attached hydrogen (secondary N) is 2. The molecule has 0 bridgehead atoms. The van der Waals surface area contributed by atoms with Crippen molar-refractivity contribution in [1.29, 1.82) is 0 Å². The maximum atomic E-state index is 14.4. The average molecular weight is 492 g/mol. The van der Waals surface area contributed by atoms with Crippen molar-refractivity contribution in [3.05, 3.63) is 18.3 Å². The Balaban J connectivity index is 1.40. The molecular formula is C24H34FN5O5. The van der Waals surface area contributed by atoms with Crippen molar-refractivity contribution >= 4 is 23.7 Å². The minimum absolute atomic E-state index is 0.0623. The van der Waals surface area contributed by atoms with Gasteiger partial charge in [0.05, 0.1) is 19.1 Å². The second-order valence-corrected chi connectivity index (χ2v) is 9.60. The van der Waals surface area contributed by atoms with Gasteiger partial charge in [0.2, 0.25) is 18.1 Å². The molecule has 1 saturated carbocycles. The van der Waals surface area contributed by atoms with E-state index in [0.717, 1.165) is 38.5 Å². The second kappa shape index (κ2) is 12.2. The molecule has 0 aromatic carbocycles. The van der Waals surface area contributed by atoms with Crippen LogP contribution in [0.3, 0.4) is 0 Å². The highest BCUT2D eigenvalue weighted by Gasteiger charge is 2.42. The van der Waals surface area contributed by atoms with Crippen LogP contribution < -0.4 is 10.6 Å². The predicted octanol–water partition coefficient (Wildman–Crippen LogP) is 2.80. The van der Waals surface area contributed by atoms with Crippen molar-refractivity contribution in [2.24, 2.45) is 11.8 Å². The number of rotatable bonds is 8. The van der Waals surface area contributed by atoms with E-state index in [1.165, 1.54) is 11.1 Å². The highest BCUT2D eigenvalue weighted by Crippen LogP contribution is 2.32. The standard InChI is InChI=1S/C24H34FN5O5/c25-18-13-19(22(31)28-20-8-5-10-27-29-20)30(15-18)23(32)17(12-16-6-1-2-7-16)14-26-24(33)35-21-9-3-4-11-34-21/h5,8,10,16-19,21H,1-4,6-7,9,11-15H2,(H,26,33)(H,28,29,31)/t17-,18-,19+,21?/m1/s1. The lowest BCUT2D eigenvalue weighted by atomic mass is 9.91. The number of halogens is 1. The molecule has 35 heavy (non-hydrogen) atoms. The zero-order valence-corrected chi connectivity index (χ0v) is 19.9. The van der Waals surface area contributed by atoms with Gasteiger partial charge in [0.1, 0.15) is 12.2 Å². The lowest BCUT2D eigenvalue weighted by Gasteiger charge is -2.29. The van der Waals surface area contributed by atoms with E-state index in [4.69, 9.17) is 9.47 Å². The van der Waals surface area contributed by atoms with Crippen molar-refractivity contribution in [3.8, 4) is 0 Å². The SMILES string of the molecule is O=C(NC[C@@H](CC1CCCC1)C(=O)N1C[C@H](F)C[C@H]1C(=O)Nc1cccnn1)OC1CCCCO1. The Morgan fingerprint density at radius 2 is 2.00 bits per heavy atom. The summed E-state index contributed by atoms with van der Waals surface area (Å²) in [7, 11) is 0. The van der Waals surface area contributed by atoms with Crippen molar-refractivity contribution in [1.82, 2.24) is 20.4 Å². The molecule has 3 amide bonds. The summed E-state index contributed by atoms with van der Waals surface area (Å²) >= 11 is 0. The molecule has 4 atom stereocenters. The number of alkyl halides is 1. The molecule has 1 aromatic heterocycles. The third-order valence-corrected chi connectivity index (χ3v) is 6.97. The van der Waals surface area contributed by atoms with Crippen molar-refractivity contribution in [3.63, 3.8) is 0 Å². The van der Waals surface area contributed by atoms with Gasteiger partial charge in [-0.2, -0.15) is 5.10 Å². The molecule has 0 radical (unpaired) electrons. The van der Waals surface area contributed by atoms with E-state index in [1.54, 1.807) is 12.1 Å². The maximum Gasteiger partial charge on any atom is 0.409 e. The van der Waals surface area contributed by atoms with Gasteiger partial charge in [0.25, 0.3) is 0 Å². The highest BCUT2D eigenvalue weighted by molar-refractivity contribution is 5.97. The number of hydrogen-bond acceptors (Lipinski definition) is 7. The summed E-state index contributed by atoms with van der Waals surface area (Å²) in [6.07, 6.45) is 6.23. The number of aromatic nitrogens is 2. The number of hydrogen-bond donors (Lipinski definition) is 2. The summed E-state index contributed by atoms with van der Waals surface area (Å²) in [5, 5.41) is 12.9. The Morgan fingerprint density at radius 3 is 2.71 bits per heavy atom. The smallest absolute Gasteiger partial charge is 0.409 e. The normalized spacial score (nSPS) is 25.7. The summed E-state index contributed by atoms with van der Waals surface area (Å²) in [5.41, 5.74) is 0. The molecule has 10 nitrogen and oxygen atoms in total. The molecule has 11 heteroatoms. The highest BCUT2D eigenvalue weighted by atomic mass is 19.1. The summed E-state index contributed by atoms with van der Waals surface area (Å²) in [6.45, 7) is 0.462. The average Bonchev–Trinajstić information content (AvgIpc) is 3.52. The number of amides is 3. The summed E-state index contributed by atoms with van der Waals surface area (Å²) in [4.78, 5) is 40.1. The number of alkyl carbamates (subject to hydrolysis) is 1. The molecule has 0 spiro atoms. The number of nitrogens with zero attached hydrogens (tertiary/aromatic N) is 3. The van der Waals surface area contributed by atoms with Gasteiger partial charge in [0.15, 0.2) is 5.82 Å². The summed E-state index contributed by atoms with van der Waals surface area (Å²) < 4.78 is 25.2. The van der Waals surface area contributed by atoms with Crippen LogP contribution in [0.25, 0.3) is 0 Å². The molecule has 3 aliphatic rings. The maximum absolute atomic E-state index is 14.4. The lowest BCUT2D eigenvalue weighted by Crippen LogP contribution is -2.48. The van der Waals surface area contributed by atoms with E-state index in [-0.39, 0.29) is 31.2 Å². The van der Waals surface area contributed by atoms with E-state index in [2.05, 4.69) is 20.8 Å². The molecule has 2 aliphatic heterocycles. The first kappa shape index (κ1) is 25.3. The topological polar surface area (TPSA) is 123 Å². The van der Waals surface area contributed by atoms with E-state index >= 15 is 0 Å². The van der Waals surface area contributed by atoms with Gasteiger partial charge in [0, 0.05) is 25.6 Å². The Labute approximate surface area is 204 Å². The van der Waals surface area contributed by atoms with Gasteiger partial charge in [-0.3, -0.25) is 9.59 Å². The third-order valence-electron chi connectivity index (χ3n) is 6.97. The number of likely N-dealkylation sites (tertiary alicyclic amines) is 1. The zero-order chi connectivity index (χ0) is 24.6. The van der Waals surface area contributed by atoms with Gasteiger partial charge in [-0.25, -0.2) is 9.18 Å². The lowest BCUT2D eigenvalue weighted by molar-refractivity contribution is -0.140. The Bertz CT molecular complexity index is 863. The van der Waals surface area contributed by atoms with Gasteiger partial charge < -0.3 is 25.0 Å². The number of ether oxygens (including phenoxy) is 2. The fourth-order valence-electron chi connectivity index (χ4n) is 5.18. The van der Waals surface area contributed by atoms with Crippen LogP contribution in [0, 0.1) is 11.8 Å². The summed E-state index contributed by atoms with van der Waals surface area (Å²) in [5.74, 6) is -0.802. The largest absolute Gasteiger partial charge is 0.420 e. The Hall–Kier alpha value is -2.82. The fraction of sp³-hybridized carbons (Fsp3) is 0.708. The first-order valence-electron chi connectivity index (χ1n) is 12.6. The van der Waals surface area contributed by atoms with E-state index in [1.807, 2.05) is 0 Å². The molecule has 1 unspecified atom stereocenters.